The smallest absolute Gasteiger partial charge is 0.143 e. The van der Waals surface area contributed by atoms with E-state index in [-0.39, 0.29) is 0 Å². The predicted octanol–water partition coefficient (Wildman–Crippen LogP) is 3.19. The molecule has 90 valence electrons. The number of hydrogen-bond acceptors (Lipinski definition) is 4. The summed E-state index contributed by atoms with van der Waals surface area (Å²) in [6.45, 7) is 2.11. The molecule has 0 radical (unpaired) electrons. The number of rotatable bonds is 3. The van der Waals surface area contributed by atoms with Crippen molar-refractivity contribution in [2.75, 3.05) is 18.2 Å². The van der Waals surface area contributed by atoms with Crippen LogP contribution in [0.5, 0.6) is 5.75 Å². The van der Waals surface area contributed by atoms with Crippen molar-refractivity contribution in [2.24, 2.45) is 0 Å². The lowest BCUT2D eigenvalue weighted by Crippen LogP contribution is -2.26. The standard InChI is InChI=1S/C13H16N2OS/c1-9-5-6-11(16-2)12-13(9)17-8-10(15-12)4-3-7-14/h5-6,10,15H,3-4,8H2,1-2H3. The number of anilines is 1. The average Bonchev–Trinajstić information content (AvgIpc) is 2.37. The fourth-order valence-electron chi connectivity index (χ4n) is 1.99. The number of hydrogen-bond donors (Lipinski definition) is 1. The van der Waals surface area contributed by atoms with Crippen LogP contribution < -0.4 is 10.1 Å². The van der Waals surface area contributed by atoms with E-state index in [1.807, 2.05) is 17.8 Å². The van der Waals surface area contributed by atoms with E-state index in [1.54, 1.807) is 7.11 Å². The molecule has 1 aromatic carbocycles. The predicted molar refractivity (Wildman–Crippen MR) is 70.7 cm³/mol. The maximum atomic E-state index is 8.63. The number of nitrogens with zero attached hydrogens (tertiary/aromatic N) is 1. The van der Waals surface area contributed by atoms with E-state index in [0.717, 1.165) is 23.6 Å². The van der Waals surface area contributed by atoms with Crippen molar-refractivity contribution in [1.29, 1.82) is 5.26 Å². The van der Waals surface area contributed by atoms with E-state index in [0.29, 0.717) is 12.5 Å². The Bertz CT molecular complexity index is 453. The van der Waals surface area contributed by atoms with Gasteiger partial charge in [0.25, 0.3) is 0 Å². The molecule has 0 fully saturated rings. The molecule has 0 amide bonds. The van der Waals surface area contributed by atoms with E-state index < -0.39 is 0 Å². The van der Waals surface area contributed by atoms with Gasteiger partial charge in [-0.1, -0.05) is 6.07 Å². The number of nitriles is 1. The third-order valence-electron chi connectivity index (χ3n) is 2.92. The van der Waals surface area contributed by atoms with E-state index in [1.165, 1.54) is 10.5 Å². The minimum Gasteiger partial charge on any atom is -0.495 e. The lowest BCUT2D eigenvalue weighted by molar-refractivity contribution is 0.414. The highest BCUT2D eigenvalue weighted by Gasteiger charge is 2.22. The molecule has 4 heteroatoms. The number of thioether (sulfide) groups is 1. The molecular weight excluding hydrogens is 232 g/mol. The third kappa shape index (κ3) is 2.50. The van der Waals surface area contributed by atoms with Gasteiger partial charge >= 0.3 is 0 Å². The van der Waals surface area contributed by atoms with Crippen molar-refractivity contribution >= 4 is 17.4 Å². The van der Waals surface area contributed by atoms with E-state index in [4.69, 9.17) is 10.00 Å². The van der Waals surface area contributed by atoms with Gasteiger partial charge in [0.15, 0.2) is 0 Å². The monoisotopic (exact) mass is 248 g/mol. The van der Waals surface area contributed by atoms with Crippen LogP contribution in [0.2, 0.25) is 0 Å². The molecule has 1 N–H and O–H groups in total. The Morgan fingerprint density at radius 3 is 3.12 bits per heavy atom. The van der Waals surface area contributed by atoms with E-state index >= 15 is 0 Å². The summed E-state index contributed by atoms with van der Waals surface area (Å²) >= 11 is 1.85. The van der Waals surface area contributed by atoms with Gasteiger partial charge in [-0.25, -0.2) is 0 Å². The average molecular weight is 248 g/mol. The first-order valence-corrected chi connectivity index (χ1v) is 6.68. The number of ether oxygens (including phenoxy) is 1. The summed E-state index contributed by atoms with van der Waals surface area (Å²) < 4.78 is 5.38. The zero-order valence-electron chi connectivity index (χ0n) is 10.1. The van der Waals surface area contributed by atoms with Crippen LogP contribution in [-0.2, 0) is 0 Å². The Morgan fingerprint density at radius 2 is 2.41 bits per heavy atom. The number of nitrogens with one attached hydrogen (secondary N) is 1. The van der Waals surface area contributed by atoms with Gasteiger partial charge in [0, 0.05) is 23.1 Å². The minimum atomic E-state index is 0.364. The van der Waals surface area contributed by atoms with Gasteiger partial charge in [0.05, 0.1) is 18.9 Å². The van der Waals surface area contributed by atoms with Crippen molar-refractivity contribution in [3.8, 4) is 11.8 Å². The SMILES string of the molecule is COc1ccc(C)c2c1NC(CCC#N)CS2. The Hall–Kier alpha value is -1.34. The van der Waals surface area contributed by atoms with Crippen LogP contribution in [0.3, 0.4) is 0 Å². The molecule has 0 aromatic heterocycles. The van der Waals surface area contributed by atoms with Gasteiger partial charge < -0.3 is 10.1 Å². The topological polar surface area (TPSA) is 45.0 Å². The molecule has 0 aliphatic carbocycles. The summed E-state index contributed by atoms with van der Waals surface area (Å²) in [4.78, 5) is 1.28. The number of aryl methyl sites for hydroxylation is 1. The molecule has 0 bridgehead atoms. The second kappa shape index (κ2) is 5.33. The number of methoxy groups -OCH3 is 1. The van der Waals surface area contributed by atoms with Crippen LogP contribution in [-0.4, -0.2) is 18.9 Å². The molecule has 0 saturated heterocycles. The maximum absolute atomic E-state index is 8.63. The van der Waals surface area contributed by atoms with Gasteiger partial charge in [-0.2, -0.15) is 5.26 Å². The van der Waals surface area contributed by atoms with Gasteiger partial charge in [-0.15, -0.1) is 11.8 Å². The van der Waals surface area contributed by atoms with Crippen LogP contribution in [0, 0.1) is 18.3 Å². The molecule has 1 aliphatic heterocycles. The molecule has 1 atom stereocenters. The van der Waals surface area contributed by atoms with Crippen LogP contribution in [0.4, 0.5) is 5.69 Å². The second-order valence-corrected chi connectivity index (χ2v) is 5.17. The van der Waals surface area contributed by atoms with E-state index in [2.05, 4.69) is 24.4 Å². The Kier molecular flexibility index (Phi) is 3.80. The second-order valence-electron chi connectivity index (χ2n) is 4.14. The normalized spacial score (nSPS) is 17.8. The minimum absolute atomic E-state index is 0.364. The molecule has 1 aliphatic rings. The quantitative estimate of drug-likeness (QED) is 0.892. The summed E-state index contributed by atoms with van der Waals surface area (Å²) in [5, 5.41) is 12.1. The first kappa shape index (κ1) is 12.1. The first-order chi connectivity index (χ1) is 8.26. The highest BCUT2D eigenvalue weighted by Crippen LogP contribution is 2.42. The van der Waals surface area contributed by atoms with Crippen LogP contribution in [0.15, 0.2) is 17.0 Å². The zero-order chi connectivity index (χ0) is 12.3. The van der Waals surface area contributed by atoms with E-state index in [9.17, 15) is 0 Å². The zero-order valence-corrected chi connectivity index (χ0v) is 10.9. The fraction of sp³-hybridized carbons (Fsp3) is 0.462. The molecule has 1 unspecified atom stereocenters. The number of benzene rings is 1. The first-order valence-electron chi connectivity index (χ1n) is 5.70. The van der Waals surface area contributed by atoms with Crippen molar-refractivity contribution < 1.29 is 4.74 Å². The van der Waals surface area contributed by atoms with Gasteiger partial charge in [-0.05, 0) is 25.0 Å². The highest BCUT2D eigenvalue weighted by atomic mass is 32.2. The molecule has 2 rings (SSSR count). The van der Waals surface area contributed by atoms with Crippen molar-refractivity contribution in [3.05, 3.63) is 17.7 Å². The molecule has 1 aromatic rings. The summed E-state index contributed by atoms with van der Waals surface area (Å²) in [6, 6.07) is 6.64. The molecular formula is C13H16N2OS. The summed E-state index contributed by atoms with van der Waals surface area (Å²) in [7, 11) is 1.69. The Morgan fingerprint density at radius 1 is 1.59 bits per heavy atom. The van der Waals surface area contributed by atoms with Crippen LogP contribution >= 0.6 is 11.8 Å². The van der Waals surface area contributed by atoms with Gasteiger partial charge in [-0.3, -0.25) is 0 Å². The lowest BCUT2D eigenvalue weighted by Gasteiger charge is -2.28. The van der Waals surface area contributed by atoms with Crippen molar-refractivity contribution in [3.63, 3.8) is 0 Å². The molecule has 1 heterocycles. The molecule has 0 saturated carbocycles. The molecule has 0 spiro atoms. The Labute approximate surface area is 106 Å². The molecule has 3 nitrogen and oxygen atoms in total. The van der Waals surface area contributed by atoms with Crippen molar-refractivity contribution in [2.45, 2.75) is 30.7 Å². The van der Waals surface area contributed by atoms with Gasteiger partial charge in [0.1, 0.15) is 5.75 Å². The summed E-state index contributed by atoms with van der Waals surface area (Å²) in [6.07, 6.45) is 1.49. The lowest BCUT2D eigenvalue weighted by atomic mass is 10.1. The molecule has 17 heavy (non-hydrogen) atoms. The Balaban J connectivity index is 2.23. The largest absolute Gasteiger partial charge is 0.495 e. The maximum Gasteiger partial charge on any atom is 0.143 e. The number of fused-ring (bicyclic) bond motifs is 1. The summed E-state index contributed by atoms with van der Waals surface area (Å²) in [5.74, 6) is 1.91. The van der Waals surface area contributed by atoms with Crippen LogP contribution in [0.1, 0.15) is 18.4 Å². The van der Waals surface area contributed by atoms with Crippen molar-refractivity contribution in [1.82, 2.24) is 0 Å². The van der Waals surface area contributed by atoms with Crippen LogP contribution in [0.25, 0.3) is 0 Å². The van der Waals surface area contributed by atoms with Gasteiger partial charge in [0.2, 0.25) is 0 Å². The summed E-state index contributed by atoms with van der Waals surface area (Å²) in [5.41, 5.74) is 2.36. The highest BCUT2D eigenvalue weighted by molar-refractivity contribution is 7.99. The fourth-order valence-corrected chi connectivity index (χ4v) is 3.20. The third-order valence-corrected chi connectivity index (χ3v) is 4.30.